The first-order valence-electron chi connectivity index (χ1n) is 5.89. The van der Waals surface area contributed by atoms with Gasteiger partial charge in [0.15, 0.2) is 0 Å². The van der Waals surface area contributed by atoms with E-state index in [2.05, 4.69) is 5.32 Å². The number of amides is 1. The van der Waals surface area contributed by atoms with Crippen LogP contribution >= 0.6 is 35.0 Å². The van der Waals surface area contributed by atoms with Crippen LogP contribution in [0, 0.1) is 0 Å². The van der Waals surface area contributed by atoms with Gasteiger partial charge in [0.2, 0.25) is 5.91 Å². The Morgan fingerprint density at radius 2 is 2.10 bits per heavy atom. The normalized spacial score (nSPS) is 11.9. The van der Waals surface area contributed by atoms with E-state index >= 15 is 0 Å². The van der Waals surface area contributed by atoms with Crippen LogP contribution in [0.25, 0.3) is 0 Å². The summed E-state index contributed by atoms with van der Waals surface area (Å²) in [7, 11) is 0. The van der Waals surface area contributed by atoms with Crippen molar-refractivity contribution >= 4 is 46.8 Å². The van der Waals surface area contributed by atoms with Gasteiger partial charge < -0.3 is 10.4 Å². The highest BCUT2D eigenvalue weighted by Gasteiger charge is 2.19. The Morgan fingerprint density at radius 3 is 2.65 bits per heavy atom. The summed E-state index contributed by atoms with van der Waals surface area (Å²) in [5.41, 5.74) is 0.613. The first-order valence-corrected chi connectivity index (χ1v) is 8.04. The molecule has 4 nitrogen and oxygen atoms in total. The van der Waals surface area contributed by atoms with Crippen molar-refractivity contribution in [2.24, 2.45) is 0 Å². The van der Waals surface area contributed by atoms with Gasteiger partial charge in [-0.1, -0.05) is 29.3 Å². The van der Waals surface area contributed by atoms with Crippen LogP contribution in [0.1, 0.15) is 12.0 Å². The zero-order valence-corrected chi connectivity index (χ0v) is 13.2. The van der Waals surface area contributed by atoms with E-state index in [1.54, 1.807) is 18.2 Å². The Morgan fingerprint density at radius 1 is 1.40 bits per heavy atom. The number of thioether (sulfide) groups is 1. The topological polar surface area (TPSA) is 66.4 Å². The summed E-state index contributed by atoms with van der Waals surface area (Å²) in [6.45, 7) is 0. The lowest BCUT2D eigenvalue weighted by Gasteiger charge is -2.14. The Balaban J connectivity index is 2.63. The predicted octanol–water partition coefficient (Wildman–Crippen LogP) is 2.86. The SMILES string of the molecule is CSCC[C@H](NC(=O)Cc1ccc(Cl)cc1Cl)C(=O)O. The van der Waals surface area contributed by atoms with Crippen molar-refractivity contribution in [1.82, 2.24) is 5.32 Å². The summed E-state index contributed by atoms with van der Waals surface area (Å²) in [5, 5.41) is 12.4. The van der Waals surface area contributed by atoms with E-state index in [4.69, 9.17) is 28.3 Å². The molecule has 0 saturated carbocycles. The summed E-state index contributed by atoms with van der Waals surface area (Å²) < 4.78 is 0. The third-order valence-electron chi connectivity index (χ3n) is 2.61. The molecule has 110 valence electrons. The zero-order valence-electron chi connectivity index (χ0n) is 10.9. The van der Waals surface area contributed by atoms with Crippen LogP contribution in [0.3, 0.4) is 0 Å². The molecule has 20 heavy (non-hydrogen) atoms. The van der Waals surface area contributed by atoms with Crippen LogP contribution in [0.4, 0.5) is 0 Å². The summed E-state index contributed by atoms with van der Waals surface area (Å²) in [4.78, 5) is 22.9. The number of nitrogens with one attached hydrogen (secondary N) is 1. The van der Waals surface area contributed by atoms with E-state index in [9.17, 15) is 9.59 Å². The van der Waals surface area contributed by atoms with Gasteiger partial charge in [-0.2, -0.15) is 11.8 Å². The van der Waals surface area contributed by atoms with E-state index in [0.717, 1.165) is 0 Å². The first kappa shape index (κ1) is 17.1. The highest BCUT2D eigenvalue weighted by Crippen LogP contribution is 2.21. The lowest BCUT2D eigenvalue weighted by atomic mass is 10.1. The second-order valence-corrected chi connectivity index (χ2v) is 5.98. The van der Waals surface area contributed by atoms with Gasteiger partial charge >= 0.3 is 5.97 Å². The van der Waals surface area contributed by atoms with Crippen molar-refractivity contribution < 1.29 is 14.7 Å². The van der Waals surface area contributed by atoms with Crippen molar-refractivity contribution in [1.29, 1.82) is 0 Å². The van der Waals surface area contributed by atoms with E-state index < -0.39 is 12.0 Å². The third kappa shape index (κ3) is 5.61. The van der Waals surface area contributed by atoms with Crippen LogP contribution in [-0.2, 0) is 16.0 Å². The molecule has 1 aromatic rings. The van der Waals surface area contributed by atoms with Gasteiger partial charge in [0, 0.05) is 10.0 Å². The quantitative estimate of drug-likeness (QED) is 0.804. The number of hydrogen-bond donors (Lipinski definition) is 2. The average molecular weight is 336 g/mol. The van der Waals surface area contributed by atoms with Crippen LogP contribution in [0.15, 0.2) is 18.2 Å². The minimum absolute atomic E-state index is 0.0268. The minimum Gasteiger partial charge on any atom is -0.480 e. The molecule has 0 heterocycles. The van der Waals surface area contributed by atoms with Gasteiger partial charge in [-0.25, -0.2) is 4.79 Å². The van der Waals surface area contributed by atoms with Crippen molar-refractivity contribution in [2.75, 3.05) is 12.0 Å². The molecule has 0 aliphatic carbocycles. The van der Waals surface area contributed by atoms with Gasteiger partial charge in [0.1, 0.15) is 6.04 Å². The van der Waals surface area contributed by atoms with Crippen LogP contribution in [0.2, 0.25) is 10.0 Å². The Kier molecular flexibility index (Phi) is 7.19. The summed E-state index contributed by atoms with van der Waals surface area (Å²) in [5.74, 6) is -0.740. The molecule has 1 aromatic carbocycles. The lowest BCUT2D eigenvalue weighted by molar-refractivity contribution is -0.141. The second kappa shape index (κ2) is 8.39. The second-order valence-electron chi connectivity index (χ2n) is 4.15. The summed E-state index contributed by atoms with van der Waals surface area (Å²) in [6, 6.07) is 3.97. The molecule has 1 rings (SSSR count). The number of rotatable bonds is 7. The number of carbonyl (C=O) groups excluding carboxylic acids is 1. The van der Waals surface area contributed by atoms with Crippen molar-refractivity contribution in [3.63, 3.8) is 0 Å². The Hall–Kier alpha value is -0.910. The molecule has 0 spiro atoms. The maximum absolute atomic E-state index is 11.9. The monoisotopic (exact) mass is 335 g/mol. The molecule has 1 atom stereocenters. The lowest BCUT2D eigenvalue weighted by Crippen LogP contribution is -2.41. The first-order chi connectivity index (χ1) is 9.43. The van der Waals surface area contributed by atoms with Crippen LogP contribution < -0.4 is 5.32 Å². The number of carbonyl (C=O) groups is 2. The van der Waals surface area contributed by atoms with E-state index in [1.165, 1.54) is 11.8 Å². The van der Waals surface area contributed by atoms with Crippen LogP contribution in [0.5, 0.6) is 0 Å². The van der Waals surface area contributed by atoms with E-state index in [0.29, 0.717) is 27.8 Å². The molecule has 0 bridgehead atoms. The molecule has 1 amide bonds. The summed E-state index contributed by atoms with van der Waals surface area (Å²) in [6.07, 6.45) is 2.30. The standard InChI is InChI=1S/C13H15Cl2NO3S/c1-20-5-4-11(13(18)19)16-12(17)6-8-2-3-9(14)7-10(8)15/h2-3,7,11H,4-6H2,1H3,(H,16,17)(H,18,19)/t11-/m0/s1. The molecular weight excluding hydrogens is 321 g/mol. The largest absolute Gasteiger partial charge is 0.480 e. The molecule has 7 heteroatoms. The summed E-state index contributed by atoms with van der Waals surface area (Å²) >= 11 is 13.3. The number of benzene rings is 1. The molecule has 0 radical (unpaired) electrons. The molecule has 2 N–H and O–H groups in total. The predicted molar refractivity (Wildman–Crippen MR) is 82.7 cm³/mol. The van der Waals surface area contributed by atoms with Crippen molar-refractivity contribution in [2.45, 2.75) is 18.9 Å². The number of carboxylic acids is 1. The maximum atomic E-state index is 11.9. The Bertz CT molecular complexity index is 497. The van der Waals surface area contributed by atoms with Gasteiger partial charge in [-0.3, -0.25) is 4.79 Å². The number of hydrogen-bond acceptors (Lipinski definition) is 3. The average Bonchev–Trinajstić information content (AvgIpc) is 2.37. The van der Waals surface area contributed by atoms with Crippen molar-refractivity contribution in [3.8, 4) is 0 Å². The number of halogens is 2. The minimum atomic E-state index is -1.03. The number of aliphatic carboxylic acids is 1. The molecule has 0 aliphatic heterocycles. The van der Waals surface area contributed by atoms with Crippen molar-refractivity contribution in [3.05, 3.63) is 33.8 Å². The third-order valence-corrected chi connectivity index (χ3v) is 3.84. The van der Waals surface area contributed by atoms with E-state index in [-0.39, 0.29) is 12.3 Å². The van der Waals surface area contributed by atoms with Gasteiger partial charge in [0.05, 0.1) is 6.42 Å². The molecule has 0 unspecified atom stereocenters. The zero-order chi connectivity index (χ0) is 15.1. The molecule has 0 aromatic heterocycles. The molecule has 0 saturated heterocycles. The van der Waals surface area contributed by atoms with E-state index in [1.807, 2.05) is 6.26 Å². The fraction of sp³-hybridized carbons (Fsp3) is 0.385. The maximum Gasteiger partial charge on any atom is 0.326 e. The van der Waals surface area contributed by atoms with Gasteiger partial charge in [-0.05, 0) is 36.1 Å². The molecule has 0 aliphatic rings. The highest BCUT2D eigenvalue weighted by molar-refractivity contribution is 7.98. The fourth-order valence-corrected chi connectivity index (χ4v) is 2.52. The molecular formula is C13H15Cl2NO3S. The highest BCUT2D eigenvalue weighted by atomic mass is 35.5. The van der Waals surface area contributed by atoms with Gasteiger partial charge in [0.25, 0.3) is 0 Å². The van der Waals surface area contributed by atoms with Crippen LogP contribution in [-0.4, -0.2) is 35.0 Å². The smallest absolute Gasteiger partial charge is 0.326 e. The molecule has 0 fully saturated rings. The fourth-order valence-electron chi connectivity index (χ4n) is 1.58. The Labute approximate surface area is 131 Å². The number of carboxylic acid groups (broad SMARTS) is 1. The van der Waals surface area contributed by atoms with Gasteiger partial charge in [-0.15, -0.1) is 0 Å².